The smallest absolute Gasteiger partial charge is 0.317 e. The lowest BCUT2D eigenvalue weighted by molar-refractivity contribution is -0.139. The van der Waals surface area contributed by atoms with Crippen molar-refractivity contribution in [2.75, 3.05) is 46.4 Å². The molecule has 3 amide bonds. The van der Waals surface area contributed by atoms with Crippen LogP contribution in [-0.4, -0.2) is 78.0 Å². The number of hydrogen-bond donors (Lipinski definition) is 1. The van der Waals surface area contributed by atoms with Gasteiger partial charge in [-0.25, -0.2) is 4.79 Å². The Bertz CT molecular complexity index is 606. The van der Waals surface area contributed by atoms with E-state index in [0.29, 0.717) is 32.7 Å². The van der Waals surface area contributed by atoms with Crippen LogP contribution in [0.3, 0.4) is 0 Å². The fourth-order valence-corrected chi connectivity index (χ4v) is 4.04. The standard InChI is InChI=1S/C18H29N5O3/c1-26-13-12-21-14-18(6-4-16(21)24)5-2-9-22(15-18)17(25)19-8-11-23-10-3-7-20-23/h3,7,10H,2,4-6,8-9,11-15H2,1H3,(H,19,25)/t18-/m1/s1. The van der Waals surface area contributed by atoms with Crippen LogP contribution in [-0.2, 0) is 16.1 Å². The Hall–Kier alpha value is -2.09. The number of aromatic nitrogens is 2. The SMILES string of the molecule is COCCN1C[C@@]2(CCCN(C(=O)NCCn3cccn3)C2)CCC1=O. The molecule has 26 heavy (non-hydrogen) atoms. The van der Waals surface area contributed by atoms with Crippen LogP contribution in [0.4, 0.5) is 4.79 Å². The molecule has 1 aromatic heterocycles. The second-order valence-corrected chi connectivity index (χ2v) is 7.33. The zero-order chi connectivity index (χ0) is 18.4. The highest BCUT2D eigenvalue weighted by molar-refractivity contribution is 5.77. The molecule has 3 heterocycles. The summed E-state index contributed by atoms with van der Waals surface area (Å²) in [5, 5.41) is 7.13. The van der Waals surface area contributed by atoms with Gasteiger partial charge in [0.2, 0.25) is 5.91 Å². The first-order valence-corrected chi connectivity index (χ1v) is 9.39. The molecular formula is C18H29N5O3. The Morgan fingerprint density at radius 3 is 3.00 bits per heavy atom. The topological polar surface area (TPSA) is 79.7 Å². The van der Waals surface area contributed by atoms with Crippen molar-refractivity contribution in [1.29, 1.82) is 0 Å². The van der Waals surface area contributed by atoms with Crippen LogP contribution < -0.4 is 5.32 Å². The number of amides is 3. The number of ether oxygens (including phenoxy) is 1. The lowest BCUT2D eigenvalue weighted by Crippen LogP contribution is -2.57. The van der Waals surface area contributed by atoms with Gasteiger partial charge in [-0.2, -0.15) is 5.10 Å². The molecule has 0 radical (unpaired) electrons. The van der Waals surface area contributed by atoms with Crippen LogP contribution in [0.1, 0.15) is 25.7 Å². The first-order valence-electron chi connectivity index (χ1n) is 9.39. The van der Waals surface area contributed by atoms with Gasteiger partial charge in [0.05, 0.1) is 13.2 Å². The maximum absolute atomic E-state index is 12.6. The van der Waals surface area contributed by atoms with Crippen molar-refractivity contribution < 1.29 is 14.3 Å². The number of nitrogens with one attached hydrogen (secondary N) is 1. The minimum atomic E-state index is -0.0171. The minimum Gasteiger partial charge on any atom is -0.383 e. The molecule has 0 bridgehead atoms. The van der Waals surface area contributed by atoms with E-state index in [2.05, 4.69) is 10.4 Å². The molecule has 1 N–H and O–H groups in total. The molecule has 2 aliphatic rings. The van der Waals surface area contributed by atoms with E-state index in [1.165, 1.54) is 0 Å². The van der Waals surface area contributed by atoms with Gasteiger partial charge < -0.3 is 19.9 Å². The predicted octanol–water partition coefficient (Wildman–Crippen LogP) is 0.944. The molecule has 1 atom stereocenters. The van der Waals surface area contributed by atoms with Crippen molar-refractivity contribution in [3.05, 3.63) is 18.5 Å². The minimum absolute atomic E-state index is 0.0171. The van der Waals surface area contributed by atoms with Crippen LogP contribution >= 0.6 is 0 Å². The molecule has 2 fully saturated rings. The number of carbonyl (C=O) groups is 2. The first-order chi connectivity index (χ1) is 12.6. The van der Waals surface area contributed by atoms with Gasteiger partial charge in [0, 0.05) is 64.1 Å². The zero-order valence-electron chi connectivity index (χ0n) is 15.5. The van der Waals surface area contributed by atoms with Gasteiger partial charge in [0.25, 0.3) is 0 Å². The van der Waals surface area contributed by atoms with Gasteiger partial charge in [-0.15, -0.1) is 0 Å². The molecule has 1 spiro atoms. The molecule has 2 aliphatic heterocycles. The Balaban J connectivity index is 1.52. The van der Waals surface area contributed by atoms with Crippen molar-refractivity contribution in [3.8, 4) is 0 Å². The number of piperidine rings is 2. The van der Waals surface area contributed by atoms with E-state index in [9.17, 15) is 9.59 Å². The molecule has 0 aliphatic carbocycles. The van der Waals surface area contributed by atoms with E-state index in [-0.39, 0.29) is 17.4 Å². The van der Waals surface area contributed by atoms with Crippen LogP contribution in [0.5, 0.6) is 0 Å². The summed E-state index contributed by atoms with van der Waals surface area (Å²) in [6.45, 7) is 4.64. The zero-order valence-corrected chi connectivity index (χ0v) is 15.5. The largest absolute Gasteiger partial charge is 0.383 e. The highest BCUT2D eigenvalue weighted by Gasteiger charge is 2.42. The summed E-state index contributed by atoms with van der Waals surface area (Å²) < 4.78 is 6.93. The summed E-state index contributed by atoms with van der Waals surface area (Å²) in [6, 6.07) is 1.85. The second-order valence-electron chi connectivity index (χ2n) is 7.33. The number of urea groups is 1. The van der Waals surface area contributed by atoms with Gasteiger partial charge >= 0.3 is 6.03 Å². The quantitative estimate of drug-likeness (QED) is 0.816. The van der Waals surface area contributed by atoms with Gasteiger partial charge in [-0.1, -0.05) is 0 Å². The van der Waals surface area contributed by atoms with Gasteiger partial charge in [0.1, 0.15) is 0 Å². The third kappa shape index (κ3) is 4.55. The number of hydrogen-bond acceptors (Lipinski definition) is 4. The maximum Gasteiger partial charge on any atom is 0.317 e. The third-order valence-electron chi connectivity index (χ3n) is 5.44. The van der Waals surface area contributed by atoms with Crippen LogP contribution in [0.2, 0.25) is 0 Å². The molecule has 0 aromatic carbocycles. The number of likely N-dealkylation sites (tertiary alicyclic amines) is 2. The van der Waals surface area contributed by atoms with Crippen LogP contribution in [0.15, 0.2) is 18.5 Å². The predicted molar refractivity (Wildman–Crippen MR) is 96.6 cm³/mol. The second kappa shape index (κ2) is 8.53. The highest BCUT2D eigenvalue weighted by atomic mass is 16.5. The molecule has 2 saturated heterocycles. The molecule has 3 rings (SSSR count). The van der Waals surface area contributed by atoms with E-state index in [1.807, 2.05) is 22.1 Å². The van der Waals surface area contributed by atoms with Crippen molar-refractivity contribution in [2.24, 2.45) is 5.41 Å². The lowest BCUT2D eigenvalue weighted by Gasteiger charge is -2.48. The van der Waals surface area contributed by atoms with Crippen LogP contribution in [0.25, 0.3) is 0 Å². The van der Waals surface area contributed by atoms with Gasteiger partial charge in [-0.3, -0.25) is 9.48 Å². The van der Waals surface area contributed by atoms with E-state index >= 15 is 0 Å². The molecular weight excluding hydrogens is 334 g/mol. The number of nitrogens with zero attached hydrogens (tertiary/aromatic N) is 4. The summed E-state index contributed by atoms with van der Waals surface area (Å²) in [5.41, 5.74) is 0.0270. The third-order valence-corrected chi connectivity index (χ3v) is 5.44. The average molecular weight is 363 g/mol. The number of carbonyl (C=O) groups excluding carboxylic acids is 2. The fourth-order valence-electron chi connectivity index (χ4n) is 4.04. The monoisotopic (exact) mass is 363 g/mol. The summed E-state index contributed by atoms with van der Waals surface area (Å²) in [5.74, 6) is 0.202. The van der Waals surface area contributed by atoms with Gasteiger partial charge in [0.15, 0.2) is 0 Å². The van der Waals surface area contributed by atoms with Crippen molar-refractivity contribution in [1.82, 2.24) is 24.9 Å². The maximum atomic E-state index is 12.6. The Kier molecular flexibility index (Phi) is 6.13. The van der Waals surface area contributed by atoms with E-state index in [0.717, 1.165) is 38.9 Å². The van der Waals surface area contributed by atoms with Crippen LogP contribution in [0, 0.1) is 5.41 Å². The highest BCUT2D eigenvalue weighted by Crippen LogP contribution is 2.38. The molecule has 8 heteroatoms. The summed E-state index contributed by atoms with van der Waals surface area (Å²) in [7, 11) is 1.65. The first kappa shape index (κ1) is 18.7. The Labute approximate surface area is 154 Å². The summed E-state index contributed by atoms with van der Waals surface area (Å²) in [6.07, 6.45) is 7.11. The number of rotatable bonds is 6. The Morgan fingerprint density at radius 1 is 1.35 bits per heavy atom. The lowest BCUT2D eigenvalue weighted by atomic mass is 9.73. The van der Waals surface area contributed by atoms with E-state index < -0.39 is 0 Å². The Morgan fingerprint density at radius 2 is 2.23 bits per heavy atom. The average Bonchev–Trinajstić information content (AvgIpc) is 3.16. The summed E-state index contributed by atoms with van der Waals surface area (Å²) in [4.78, 5) is 28.5. The fraction of sp³-hybridized carbons (Fsp3) is 0.722. The van der Waals surface area contributed by atoms with Crippen molar-refractivity contribution >= 4 is 11.9 Å². The normalized spacial score (nSPS) is 23.5. The molecule has 0 saturated carbocycles. The van der Waals surface area contributed by atoms with E-state index in [4.69, 9.17) is 4.74 Å². The molecule has 0 unspecified atom stereocenters. The molecule has 8 nitrogen and oxygen atoms in total. The molecule has 144 valence electrons. The number of methoxy groups -OCH3 is 1. The van der Waals surface area contributed by atoms with Crippen molar-refractivity contribution in [3.63, 3.8) is 0 Å². The molecule has 1 aromatic rings. The summed E-state index contributed by atoms with van der Waals surface area (Å²) >= 11 is 0. The van der Waals surface area contributed by atoms with E-state index in [1.54, 1.807) is 18.0 Å². The van der Waals surface area contributed by atoms with Gasteiger partial charge in [-0.05, 0) is 25.3 Å². The van der Waals surface area contributed by atoms with Crippen molar-refractivity contribution in [2.45, 2.75) is 32.2 Å².